The molecule has 1 atom stereocenters. The zero-order valence-electron chi connectivity index (χ0n) is 12.7. The molecule has 0 spiro atoms. The fourth-order valence-corrected chi connectivity index (χ4v) is 2.94. The number of non-ortho nitro benzene ring substituents is 2. The summed E-state index contributed by atoms with van der Waals surface area (Å²) in [7, 11) is 0. The van der Waals surface area contributed by atoms with E-state index in [0.717, 1.165) is 29.4 Å². The number of para-hydroxylation sites is 1. The van der Waals surface area contributed by atoms with Crippen LogP contribution in [0.25, 0.3) is 0 Å². The fourth-order valence-electron chi connectivity index (χ4n) is 2.94. The van der Waals surface area contributed by atoms with E-state index in [4.69, 9.17) is 0 Å². The summed E-state index contributed by atoms with van der Waals surface area (Å²) < 4.78 is 0. The van der Waals surface area contributed by atoms with E-state index in [9.17, 15) is 25.0 Å². The third kappa shape index (κ3) is 2.58. The number of rotatable bonds is 3. The van der Waals surface area contributed by atoms with E-state index in [1.165, 1.54) is 4.90 Å². The van der Waals surface area contributed by atoms with E-state index in [1.54, 1.807) is 12.1 Å². The minimum absolute atomic E-state index is 0.0700. The Bertz CT molecular complexity index is 832. The van der Waals surface area contributed by atoms with Crippen molar-refractivity contribution in [3.05, 3.63) is 73.8 Å². The van der Waals surface area contributed by atoms with Crippen LogP contribution >= 0.6 is 0 Å². The molecule has 3 rings (SSSR count). The lowest BCUT2D eigenvalue weighted by Gasteiger charge is -2.22. The molecule has 1 unspecified atom stereocenters. The molecule has 8 nitrogen and oxygen atoms in total. The van der Waals surface area contributed by atoms with Gasteiger partial charge in [0.1, 0.15) is 0 Å². The van der Waals surface area contributed by atoms with Crippen LogP contribution in [0.15, 0.2) is 42.5 Å². The van der Waals surface area contributed by atoms with Crippen molar-refractivity contribution in [1.82, 2.24) is 0 Å². The molecule has 0 aromatic heterocycles. The molecule has 2 aromatic carbocycles. The first-order valence-electron chi connectivity index (χ1n) is 7.24. The average molecular weight is 327 g/mol. The van der Waals surface area contributed by atoms with Gasteiger partial charge in [-0.2, -0.15) is 0 Å². The number of nitro groups is 2. The van der Waals surface area contributed by atoms with Crippen LogP contribution in [-0.2, 0) is 6.42 Å². The molecule has 0 N–H and O–H groups in total. The lowest BCUT2D eigenvalue weighted by atomic mass is 10.1. The van der Waals surface area contributed by atoms with Crippen LogP contribution in [-0.4, -0.2) is 21.8 Å². The lowest BCUT2D eigenvalue weighted by molar-refractivity contribution is -0.394. The van der Waals surface area contributed by atoms with Crippen LogP contribution in [0.1, 0.15) is 22.8 Å². The van der Waals surface area contributed by atoms with Crippen LogP contribution in [0, 0.1) is 20.2 Å². The number of anilines is 1. The summed E-state index contributed by atoms with van der Waals surface area (Å²) in [5.41, 5.74) is 0.697. The van der Waals surface area contributed by atoms with Crippen molar-refractivity contribution in [3.8, 4) is 0 Å². The summed E-state index contributed by atoms with van der Waals surface area (Å²) in [6, 6.07) is 10.2. The van der Waals surface area contributed by atoms with E-state index in [0.29, 0.717) is 6.42 Å². The Balaban J connectivity index is 2.07. The van der Waals surface area contributed by atoms with Gasteiger partial charge < -0.3 is 4.90 Å². The Kier molecular flexibility index (Phi) is 3.72. The minimum atomic E-state index is -0.745. The molecule has 0 aliphatic carbocycles. The van der Waals surface area contributed by atoms with Gasteiger partial charge in [-0.15, -0.1) is 0 Å². The summed E-state index contributed by atoms with van der Waals surface area (Å²) in [6.07, 6.45) is 0.666. The van der Waals surface area contributed by atoms with Gasteiger partial charge in [0.25, 0.3) is 17.3 Å². The largest absolute Gasteiger partial charge is 0.305 e. The Hall–Kier alpha value is -3.29. The standard InChI is InChI=1S/C16H13N3O5/c1-10-6-11-4-2-3-5-15(11)17(10)16(20)12-7-13(18(21)22)9-14(8-12)19(23)24/h2-5,7-10H,6H2,1H3. The van der Waals surface area contributed by atoms with Gasteiger partial charge in [-0.25, -0.2) is 0 Å². The third-order valence-electron chi connectivity index (χ3n) is 4.00. The molecule has 0 radical (unpaired) electrons. The normalized spacial score (nSPS) is 15.9. The number of nitrogens with zero attached hydrogens (tertiary/aromatic N) is 3. The number of fused-ring (bicyclic) bond motifs is 1. The van der Waals surface area contributed by atoms with Gasteiger partial charge in [0.15, 0.2) is 0 Å². The maximum absolute atomic E-state index is 12.9. The zero-order valence-corrected chi connectivity index (χ0v) is 12.7. The maximum atomic E-state index is 12.9. The smallest absolute Gasteiger partial charge is 0.277 e. The van der Waals surface area contributed by atoms with Crippen LogP contribution in [0.2, 0.25) is 0 Å². The van der Waals surface area contributed by atoms with Crippen molar-refractivity contribution in [2.45, 2.75) is 19.4 Å². The van der Waals surface area contributed by atoms with E-state index >= 15 is 0 Å². The number of carbonyl (C=O) groups is 1. The number of hydrogen-bond acceptors (Lipinski definition) is 5. The third-order valence-corrected chi connectivity index (χ3v) is 4.00. The highest BCUT2D eigenvalue weighted by Gasteiger charge is 2.32. The van der Waals surface area contributed by atoms with E-state index in [-0.39, 0.29) is 11.6 Å². The molecule has 0 saturated heterocycles. The number of amides is 1. The van der Waals surface area contributed by atoms with E-state index < -0.39 is 27.1 Å². The highest BCUT2D eigenvalue weighted by Crippen LogP contribution is 2.34. The average Bonchev–Trinajstić information content (AvgIpc) is 2.89. The molecule has 1 amide bonds. The SMILES string of the molecule is CC1Cc2ccccc2N1C(=O)c1cc([N+](=O)[O-])cc([N+](=O)[O-])c1. The Labute approximate surface area is 136 Å². The molecule has 0 saturated carbocycles. The molecule has 24 heavy (non-hydrogen) atoms. The zero-order chi connectivity index (χ0) is 17.4. The first-order valence-corrected chi connectivity index (χ1v) is 7.24. The molecule has 122 valence electrons. The van der Waals surface area contributed by atoms with Gasteiger partial charge in [0, 0.05) is 23.9 Å². The summed E-state index contributed by atoms with van der Waals surface area (Å²) in [4.78, 5) is 34.9. The number of carbonyl (C=O) groups excluding carboxylic acids is 1. The molecular weight excluding hydrogens is 314 g/mol. The second-order valence-electron chi connectivity index (χ2n) is 5.61. The van der Waals surface area contributed by atoms with E-state index in [2.05, 4.69) is 0 Å². The van der Waals surface area contributed by atoms with Gasteiger partial charge in [-0.1, -0.05) is 18.2 Å². The monoisotopic (exact) mass is 327 g/mol. The molecule has 1 aliphatic rings. The second-order valence-corrected chi connectivity index (χ2v) is 5.61. The number of nitro benzene ring substituents is 2. The Morgan fingerprint density at radius 1 is 1.08 bits per heavy atom. The summed E-state index contributed by atoms with van der Waals surface area (Å²) in [5.74, 6) is -0.487. The van der Waals surface area contributed by atoms with Gasteiger partial charge in [0.2, 0.25) is 0 Å². The molecule has 2 aromatic rings. The molecule has 1 aliphatic heterocycles. The van der Waals surface area contributed by atoms with Crippen LogP contribution in [0.5, 0.6) is 0 Å². The van der Waals surface area contributed by atoms with Crippen molar-refractivity contribution < 1.29 is 14.6 Å². The van der Waals surface area contributed by atoms with Gasteiger partial charge in [0.05, 0.1) is 21.5 Å². The topological polar surface area (TPSA) is 107 Å². The van der Waals surface area contributed by atoms with Crippen molar-refractivity contribution in [1.29, 1.82) is 0 Å². The minimum Gasteiger partial charge on any atom is -0.305 e. The molecule has 8 heteroatoms. The number of hydrogen-bond donors (Lipinski definition) is 0. The van der Waals surface area contributed by atoms with Crippen LogP contribution in [0.4, 0.5) is 17.1 Å². The summed E-state index contributed by atoms with van der Waals surface area (Å²) in [6.45, 7) is 1.86. The van der Waals surface area contributed by atoms with Gasteiger partial charge in [-0.05, 0) is 25.0 Å². The predicted molar refractivity (Wildman–Crippen MR) is 86.2 cm³/mol. The fraction of sp³-hybridized carbons (Fsp3) is 0.188. The van der Waals surface area contributed by atoms with Crippen LogP contribution < -0.4 is 4.90 Å². The first-order chi connectivity index (χ1) is 11.4. The molecule has 0 fully saturated rings. The highest BCUT2D eigenvalue weighted by atomic mass is 16.6. The second kappa shape index (κ2) is 5.73. The van der Waals surface area contributed by atoms with Crippen molar-refractivity contribution in [2.75, 3.05) is 4.90 Å². The van der Waals surface area contributed by atoms with Crippen molar-refractivity contribution in [2.24, 2.45) is 0 Å². The van der Waals surface area contributed by atoms with Gasteiger partial charge >= 0.3 is 0 Å². The van der Waals surface area contributed by atoms with E-state index in [1.807, 2.05) is 19.1 Å². The van der Waals surface area contributed by atoms with Crippen molar-refractivity contribution >= 4 is 23.0 Å². The summed E-state index contributed by atoms with van der Waals surface area (Å²) in [5, 5.41) is 22.0. The summed E-state index contributed by atoms with van der Waals surface area (Å²) >= 11 is 0. The Morgan fingerprint density at radius 2 is 1.67 bits per heavy atom. The van der Waals surface area contributed by atoms with Gasteiger partial charge in [-0.3, -0.25) is 25.0 Å². The Morgan fingerprint density at radius 3 is 2.25 bits per heavy atom. The first kappa shape index (κ1) is 15.6. The quantitative estimate of drug-likeness (QED) is 0.636. The maximum Gasteiger partial charge on any atom is 0.277 e. The predicted octanol–water partition coefficient (Wildman–Crippen LogP) is 3.09. The number of benzene rings is 2. The lowest BCUT2D eigenvalue weighted by Crippen LogP contribution is -2.35. The van der Waals surface area contributed by atoms with Crippen LogP contribution in [0.3, 0.4) is 0 Å². The molecule has 0 bridgehead atoms. The van der Waals surface area contributed by atoms with Crippen molar-refractivity contribution in [3.63, 3.8) is 0 Å². The highest BCUT2D eigenvalue weighted by molar-refractivity contribution is 6.08. The molecule has 1 heterocycles. The molecular formula is C16H13N3O5.